The third kappa shape index (κ3) is 2.77. The summed E-state index contributed by atoms with van der Waals surface area (Å²) in [5.74, 6) is 0.961. The van der Waals surface area contributed by atoms with Crippen LogP contribution in [0.5, 0.6) is 0 Å². The Morgan fingerprint density at radius 3 is 2.89 bits per heavy atom. The lowest BCUT2D eigenvalue weighted by Gasteiger charge is -2.12. The SMILES string of the molecule is CCc1ccc(C(=O)N[C@H](C)c2cccnc2)o1. The molecule has 0 fully saturated rings. The molecule has 2 aromatic rings. The van der Waals surface area contributed by atoms with Crippen molar-refractivity contribution in [2.75, 3.05) is 0 Å². The van der Waals surface area contributed by atoms with Crippen molar-refractivity contribution in [2.24, 2.45) is 0 Å². The van der Waals surface area contributed by atoms with E-state index in [4.69, 9.17) is 4.42 Å². The molecule has 0 spiro atoms. The van der Waals surface area contributed by atoms with Gasteiger partial charge in [0.15, 0.2) is 5.76 Å². The zero-order valence-electron chi connectivity index (χ0n) is 10.5. The largest absolute Gasteiger partial charge is 0.456 e. The van der Waals surface area contributed by atoms with Crippen molar-refractivity contribution < 1.29 is 9.21 Å². The van der Waals surface area contributed by atoms with E-state index in [1.165, 1.54) is 0 Å². The Balaban J connectivity index is 2.03. The first kappa shape index (κ1) is 12.4. The van der Waals surface area contributed by atoms with Gasteiger partial charge in [-0.05, 0) is 30.7 Å². The molecule has 94 valence electrons. The van der Waals surface area contributed by atoms with Gasteiger partial charge in [-0.1, -0.05) is 13.0 Å². The standard InChI is InChI=1S/C14H16N2O2/c1-3-12-6-7-13(18-12)14(17)16-10(2)11-5-4-8-15-9-11/h4-10H,3H2,1-2H3,(H,16,17)/t10-/m1/s1. The number of pyridine rings is 1. The number of carbonyl (C=O) groups excluding carboxylic acids is 1. The molecule has 1 amide bonds. The number of nitrogens with one attached hydrogen (secondary N) is 1. The third-order valence-electron chi connectivity index (χ3n) is 2.77. The van der Waals surface area contributed by atoms with Crippen LogP contribution < -0.4 is 5.32 Å². The molecule has 0 radical (unpaired) electrons. The zero-order valence-corrected chi connectivity index (χ0v) is 10.5. The number of aryl methyl sites for hydroxylation is 1. The molecule has 1 atom stereocenters. The minimum atomic E-state index is -0.203. The monoisotopic (exact) mass is 244 g/mol. The lowest BCUT2D eigenvalue weighted by atomic mass is 10.1. The zero-order chi connectivity index (χ0) is 13.0. The van der Waals surface area contributed by atoms with E-state index in [9.17, 15) is 4.79 Å². The number of hydrogen-bond acceptors (Lipinski definition) is 3. The second-order valence-corrected chi connectivity index (χ2v) is 4.10. The number of furan rings is 1. The summed E-state index contributed by atoms with van der Waals surface area (Å²) in [5, 5.41) is 2.88. The van der Waals surface area contributed by atoms with Gasteiger partial charge in [0.2, 0.25) is 0 Å². The molecule has 2 aromatic heterocycles. The second kappa shape index (κ2) is 5.49. The molecule has 0 saturated heterocycles. The average Bonchev–Trinajstić information content (AvgIpc) is 2.88. The molecule has 0 unspecified atom stereocenters. The molecule has 2 heterocycles. The van der Waals surface area contributed by atoms with Crippen LogP contribution >= 0.6 is 0 Å². The molecule has 2 rings (SSSR count). The maximum atomic E-state index is 11.9. The fourth-order valence-corrected chi connectivity index (χ4v) is 1.67. The summed E-state index contributed by atoms with van der Waals surface area (Å²) in [6, 6.07) is 7.20. The van der Waals surface area contributed by atoms with E-state index >= 15 is 0 Å². The summed E-state index contributed by atoms with van der Waals surface area (Å²) in [6.07, 6.45) is 4.23. The third-order valence-corrected chi connectivity index (χ3v) is 2.77. The van der Waals surface area contributed by atoms with E-state index in [0.29, 0.717) is 5.76 Å². The molecule has 4 heteroatoms. The van der Waals surface area contributed by atoms with E-state index in [1.807, 2.05) is 32.0 Å². The second-order valence-electron chi connectivity index (χ2n) is 4.10. The Bertz CT molecular complexity index is 520. The number of rotatable bonds is 4. The van der Waals surface area contributed by atoms with E-state index in [0.717, 1.165) is 17.7 Å². The summed E-state index contributed by atoms with van der Waals surface area (Å²) < 4.78 is 5.40. The molecule has 18 heavy (non-hydrogen) atoms. The van der Waals surface area contributed by atoms with Crippen LogP contribution in [-0.2, 0) is 6.42 Å². The van der Waals surface area contributed by atoms with Gasteiger partial charge in [-0.2, -0.15) is 0 Å². The topological polar surface area (TPSA) is 55.1 Å². The first-order valence-electron chi connectivity index (χ1n) is 6.00. The van der Waals surface area contributed by atoms with E-state index in [1.54, 1.807) is 18.5 Å². The van der Waals surface area contributed by atoms with Crippen molar-refractivity contribution in [1.82, 2.24) is 10.3 Å². The minimum absolute atomic E-state index is 0.0959. The number of nitrogens with zero attached hydrogens (tertiary/aromatic N) is 1. The Hall–Kier alpha value is -2.10. The Labute approximate surface area is 106 Å². The van der Waals surface area contributed by atoms with Crippen molar-refractivity contribution in [3.63, 3.8) is 0 Å². The summed E-state index contributed by atoms with van der Waals surface area (Å²) in [6.45, 7) is 3.90. The normalized spacial score (nSPS) is 12.1. The molecular formula is C14H16N2O2. The molecule has 0 bridgehead atoms. The van der Waals surface area contributed by atoms with Gasteiger partial charge < -0.3 is 9.73 Å². The summed E-state index contributed by atoms with van der Waals surface area (Å²) in [5.41, 5.74) is 0.966. The Morgan fingerprint density at radius 1 is 1.44 bits per heavy atom. The molecule has 0 saturated carbocycles. The van der Waals surface area contributed by atoms with Crippen LogP contribution in [0.4, 0.5) is 0 Å². The molecule has 0 aliphatic rings. The van der Waals surface area contributed by atoms with Crippen LogP contribution in [0.25, 0.3) is 0 Å². The molecule has 0 aliphatic heterocycles. The first-order chi connectivity index (χ1) is 8.70. The van der Waals surface area contributed by atoms with Crippen molar-refractivity contribution >= 4 is 5.91 Å². The predicted octanol–water partition coefficient (Wildman–Crippen LogP) is 2.73. The van der Waals surface area contributed by atoms with Crippen LogP contribution in [-0.4, -0.2) is 10.9 Å². The van der Waals surface area contributed by atoms with Crippen molar-refractivity contribution in [1.29, 1.82) is 0 Å². The van der Waals surface area contributed by atoms with Gasteiger partial charge in [0.05, 0.1) is 6.04 Å². The van der Waals surface area contributed by atoms with Crippen LogP contribution in [0.2, 0.25) is 0 Å². The van der Waals surface area contributed by atoms with Crippen LogP contribution in [0, 0.1) is 0 Å². The van der Waals surface area contributed by atoms with Gasteiger partial charge in [0.1, 0.15) is 5.76 Å². The molecule has 1 N–H and O–H groups in total. The summed E-state index contributed by atoms with van der Waals surface area (Å²) in [7, 11) is 0. The van der Waals surface area contributed by atoms with Gasteiger partial charge in [-0.3, -0.25) is 9.78 Å². The van der Waals surface area contributed by atoms with Gasteiger partial charge >= 0.3 is 0 Å². The molecule has 0 aliphatic carbocycles. The van der Waals surface area contributed by atoms with Crippen molar-refractivity contribution in [3.8, 4) is 0 Å². The Kier molecular flexibility index (Phi) is 3.77. The smallest absolute Gasteiger partial charge is 0.287 e. The van der Waals surface area contributed by atoms with E-state index in [2.05, 4.69) is 10.3 Å². The lowest BCUT2D eigenvalue weighted by molar-refractivity contribution is 0.0910. The highest BCUT2D eigenvalue weighted by atomic mass is 16.3. The number of amides is 1. The molecular weight excluding hydrogens is 228 g/mol. The molecule has 4 nitrogen and oxygen atoms in total. The van der Waals surface area contributed by atoms with Gasteiger partial charge in [0.25, 0.3) is 5.91 Å². The highest BCUT2D eigenvalue weighted by Gasteiger charge is 2.14. The van der Waals surface area contributed by atoms with E-state index < -0.39 is 0 Å². The highest BCUT2D eigenvalue weighted by molar-refractivity contribution is 5.91. The maximum Gasteiger partial charge on any atom is 0.287 e. The lowest BCUT2D eigenvalue weighted by Crippen LogP contribution is -2.26. The average molecular weight is 244 g/mol. The Morgan fingerprint density at radius 2 is 2.28 bits per heavy atom. The first-order valence-corrected chi connectivity index (χ1v) is 6.00. The summed E-state index contributed by atoms with van der Waals surface area (Å²) in [4.78, 5) is 16.0. The van der Waals surface area contributed by atoms with Gasteiger partial charge in [-0.15, -0.1) is 0 Å². The van der Waals surface area contributed by atoms with E-state index in [-0.39, 0.29) is 11.9 Å². The summed E-state index contributed by atoms with van der Waals surface area (Å²) >= 11 is 0. The van der Waals surface area contributed by atoms with Crippen molar-refractivity contribution in [3.05, 3.63) is 53.7 Å². The fraction of sp³-hybridized carbons (Fsp3) is 0.286. The van der Waals surface area contributed by atoms with Gasteiger partial charge in [-0.25, -0.2) is 0 Å². The van der Waals surface area contributed by atoms with Crippen LogP contribution in [0.3, 0.4) is 0 Å². The number of hydrogen-bond donors (Lipinski definition) is 1. The number of carbonyl (C=O) groups is 1. The number of aromatic nitrogens is 1. The quantitative estimate of drug-likeness (QED) is 0.899. The predicted molar refractivity (Wildman–Crippen MR) is 68.2 cm³/mol. The van der Waals surface area contributed by atoms with Gasteiger partial charge in [0, 0.05) is 18.8 Å². The fourth-order valence-electron chi connectivity index (χ4n) is 1.67. The van der Waals surface area contributed by atoms with Crippen LogP contribution in [0.15, 0.2) is 41.1 Å². The minimum Gasteiger partial charge on any atom is -0.456 e. The highest BCUT2D eigenvalue weighted by Crippen LogP contribution is 2.13. The van der Waals surface area contributed by atoms with Crippen LogP contribution in [0.1, 0.15) is 41.8 Å². The van der Waals surface area contributed by atoms with Crippen molar-refractivity contribution in [2.45, 2.75) is 26.3 Å². The maximum absolute atomic E-state index is 11.9. The molecule has 0 aromatic carbocycles.